The average Bonchev–Trinajstić information content (AvgIpc) is 2.90. The van der Waals surface area contributed by atoms with E-state index in [-0.39, 0.29) is 12.5 Å². The van der Waals surface area contributed by atoms with Crippen molar-refractivity contribution in [2.75, 3.05) is 32.5 Å². The second kappa shape index (κ2) is 24.7. The molecule has 0 fully saturated rings. The summed E-state index contributed by atoms with van der Waals surface area (Å²) in [6, 6.07) is 18.2. The van der Waals surface area contributed by atoms with E-state index in [1.54, 1.807) is 0 Å². The summed E-state index contributed by atoms with van der Waals surface area (Å²) >= 11 is 0. The molecule has 202 valence electrons. The van der Waals surface area contributed by atoms with Crippen LogP contribution in [-0.2, 0) is 22.6 Å². The summed E-state index contributed by atoms with van der Waals surface area (Å²) in [5.41, 5.74) is 7.99. The van der Waals surface area contributed by atoms with E-state index in [1.165, 1.54) is 5.56 Å². The van der Waals surface area contributed by atoms with Crippen molar-refractivity contribution in [3.8, 4) is 0 Å². The summed E-state index contributed by atoms with van der Waals surface area (Å²) in [6.07, 6.45) is 2.54. The fourth-order valence-electron chi connectivity index (χ4n) is 2.57. The Balaban J connectivity index is 0. The summed E-state index contributed by atoms with van der Waals surface area (Å²) < 4.78 is 0. The molecule has 0 bridgehead atoms. The molecule has 7 N–H and O–H groups in total. The molecule has 0 unspecified atom stereocenters. The molecule has 0 aromatic heterocycles. The Kier molecular flexibility index (Phi) is 23.8. The second-order valence-corrected chi connectivity index (χ2v) is 7.44. The van der Waals surface area contributed by atoms with Crippen molar-refractivity contribution in [1.29, 1.82) is 0 Å². The topological polar surface area (TPSA) is 137 Å². The predicted molar refractivity (Wildman–Crippen MR) is 150 cm³/mol. The van der Waals surface area contributed by atoms with Crippen LogP contribution < -0.4 is 32.3 Å². The van der Waals surface area contributed by atoms with Gasteiger partial charge in [0, 0.05) is 24.8 Å². The van der Waals surface area contributed by atoms with Crippen molar-refractivity contribution in [3.63, 3.8) is 0 Å². The first-order valence-corrected chi connectivity index (χ1v) is 12.3. The number of carbonyl (C=O) groups is 3. The number of benzene rings is 2. The van der Waals surface area contributed by atoms with Crippen molar-refractivity contribution < 1.29 is 14.4 Å². The fourth-order valence-corrected chi connectivity index (χ4v) is 2.57. The van der Waals surface area contributed by atoms with Gasteiger partial charge in [0.15, 0.2) is 0 Å². The van der Waals surface area contributed by atoms with Gasteiger partial charge in [0.05, 0.1) is 6.54 Å². The number of carbonyl (C=O) groups excluding carboxylic acids is 3. The average molecular weight is 503 g/mol. The number of hydrogen-bond acceptors (Lipinski definition) is 5. The highest BCUT2D eigenvalue weighted by molar-refractivity contribution is 5.93. The molecular weight excluding hydrogens is 456 g/mol. The molecule has 1 atom stereocenters. The van der Waals surface area contributed by atoms with Gasteiger partial charge in [-0.2, -0.15) is 0 Å². The van der Waals surface area contributed by atoms with Crippen LogP contribution in [0.1, 0.15) is 45.2 Å². The highest BCUT2D eigenvalue weighted by atomic mass is 16.2. The number of hydrogen-bond donors (Lipinski definition) is 6. The molecule has 9 heteroatoms. The molecule has 0 spiro atoms. The van der Waals surface area contributed by atoms with E-state index in [4.69, 9.17) is 5.73 Å². The summed E-state index contributed by atoms with van der Waals surface area (Å²) in [7, 11) is 3.87. The van der Waals surface area contributed by atoms with Crippen LogP contribution in [0.15, 0.2) is 54.6 Å². The zero-order valence-corrected chi connectivity index (χ0v) is 22.7. The third kappa shape index (κ3) is 21.1. The van der Waals surface area contributed by atoms with E-state index in [0.717, 1.165) is 30.6 Å². The van der Waals surface area contributed by atoms with Crippen LogP contribution in [0.5, 0.6) is 0 Å². The highest BCUT2D eigenvalue weighted by Gasteiger charge is 2.01. The summed E-state index contributed by atoms with van der Waals surface area (Å²) in [4.78, 5) is 31.1. The van der Waals surface area contributed by atoms with Crippen LogP contribution in [0.4, 0.5) is 10.5 Å². The molecular formula is C27H46N6O3. The second-order valence-electron chi connectivity index (χ2n) is 7.44. The van der Waals surface area contributed by atoms with Crippen LogP contribution >= 0.6 is 0 Å². The number of nitrogens with two attached hydrogens (primary N) is 1. The van der Waals surface area contributed by atoms with E-state index in [0.29, 0.717) is 19.0 Å². The van der Waals surface area contributed by atoms with E-state index in [1.807, 2.05) is 65.2 Å². The minimum Gasteiger partial charge on any atom is -0.352 e. The monoisotopic (exact) mass is 502 g/mol. The van der Waals surface area contributed by atoms with Gasteiger partial charge in [-0.05, 0) is 57.1 Å². The third-order valence-corrected chi connectivity index (χ3v) is 4.39. The zero-order valence-electron chi connectivity index (χ0n) is 22.7. The van der Waals surface area contributed by atoms with Crippen molar-refractivity contribution in [3.05, 3.63) is 65.7 Å². The Morgan fingerprint density at radius 3 is 2.03 bits per heavy atom. The smallest absolute Gasteiger partial charge is 0.312 e. The van der Waals surface area contributed by atoms with E-state index >= 15 is 0 Å². The van der Waals surface area contributed by atoms with E-state index < -0.39 is 6.03 Å². The van der Waals surface area contributed by atoms with Gasteiger partial charge in [0.2, 0.25) is 12.3 Å². The van der Waals surface area contributed by atoms with Gasteiger partial charge >= 0.3 is 6.03 Å². The quantitative estimate of drug-likeness (QED) is 0.262. The molecule has 0 heterocycles. The number of likely N-dealkylation sites (N-methyl/N-ethyl adjacent to an activating group) is 1. The number of primary amides is 1. The number of urea groups is 1. The summed E-state index contributed by atoms with van der Waals surface area (Å²) in [5, 5.41) is 13.6. The molecule has 0 saturated carbocycles. The Morgan fingerprint density at radius 1 is 0.972 bits per heavy atom. The molecule has 0 radical (unpaired) electrons. The Morgan fingerprint density at radius 2 is 1.58 bits per heavy atom. The van der Waals surface area contributed by atoms with Crippen molar-refractivity contribution in [2.45, 2.75) is 53.1 Å². The lowest BCUT2D eigenvalue weighted by molar-refractivity contribution is -0.118. The standard InChI is InChI=1S/C11H15N3O2.C10H15N.C4H10N2O.C2H6/c1-12-6-9-2-4-10(5-3-9)14-11(16)7-13-8-15;1-9(11-2)8-10-6-4-3-5-7-10;1-2-3-6-4(5)7;1-2/h2-5,8,12H,6-7H2,1H3,(H,13,15)(H,14,16);3-7,9,11H,8H2,1-2H3;2-3H2,1H3,(H3,5,6,7);1-2H3/t;9-;;/m.1../s1. The van der Waals surface area contributed by atoms with Crippen LogP contribution in [0.3, 0.4) is 0 Å². The minimum atomic E-state index is -0.443. The van der Waals surface area contributed by atoms with Gasteiger partial charge in [-0.1, -0.05) is 63.2 Å². The fraction of sp³-hybridized carbons (Fsp3) is 0.444. The first-order chi connectivity index (χ1) is 17.4. The normalized spacial score (nSPS) is 9.94. The molecule has 0 aliphatic heterocycles. The van der Waals surface area contributed by atoms with Gasteiger partial charge in [-0.15, -0.1) is 0 Å². The molecule has 2 rings (SSSR count). The molecule has 4 amide bonds. The van der Waals surface area contributed by atoms with E-state index in [9.17, 15) is 14.4 Å². The van der Waals surface area contributed by atoms with Gasteiger partial charge < -0.3 is 32.3 Å². The zero-order chi connectivity index (χ0) is 27.6. The number of anilines is 1. The first-order valence-electron chi connectivity index (χ1n) is 12.3. The lowest BCUT2D eigenvalue weighted by Crippen LogP contribution is -2.29. The lowest BCUT2D eigenvalue weighted by Gasteiger charge is -2.08. The lowest BCUT2D eigenvalue weighted by atomic mass is 10.1. The molecule has 36 heavy (non-hydrogen) atoms. The minimum absolute atomic E-state index is 0.0121. The van der Waals surface area contributed by atoms with E-state index in [2.05, 4.69) is 57.8 Å². The highest BCUT2D eigenvalue weighted by Crippen LogP contribution is 2.09. The number of rotatable bonds is 11. The molecule has 0 saturated heterocycles. The molecule has 9 nitrogen and oxygen atoms in total. The van der Waals surface area contributed by atoms with Gasteiger partial charge in [-0.25, -0.2) is 4.79 Å². The van der Waals surface area contributed by atoms with Crippen LogP contribution in [0.2, 0.25) is 0 Å². The van der Waals surface area contributed by atoms with Crippen molar-refractivity contribution in [1.82, 2.24) is 21.3 Å². The van der Waals surface area contributed by atoms with Crippen LogP contribution in [0, 0.1) is 0 Å². The van der Waals surface area contributed by atoms with Gasteiger partial charge in [0.25, 0.3) is 0 Å². The SMILES string of the molecule is CC.CCCNC(N)=O.CNCc1ccc(NC(=O)CNC=O)cc1.CN[C@H](C)Cc1ccccc1. The largest absolute Gasteiger partial charge is 0.352 e. The Labute approximate surface area is 217 Å². The predicted octanol–water partition coefficient (Wildman–Crippen LogP) is 3.02. The van der Waals surface area contributed by atoms with Crippen LogP contribution in [-0.4, -0.2) is 51.6 Å². The summed E-state index contributed by atoms with van der Waals surface area (Å²) in [6.45, 7) is 9.61. The van der Waals surface area contributed by atoms with Crippen molar-refractivity contribution in [2.24, 2.45) is 5.73 Å². The maximum Gasteiger partial charge on any atom is 0.312 e. The van der Waals surface area contributed by atoms with Gasteiger partial charge in [0.1, 0.15) is 0 Å². The first kappa shape index (κ1) is 34.7. The molecule has 2 aromatic carbocycles. The summed E-state index contributed by atoms with van der Waals surface area (Å²) in [5.74, 6) is -0.242. The van der Waals surface area contributed by atoms with Crippen molar-refractivity contribution >= 4 is 24.0 Å². The van der Waals surface area contributed by atoms with Crippen LogP contribution in [0.25, 0.3) is 0 Å². The third-order valence-electron chi connectivity index (χ3n) is 4.39. The Hall–Kier alpha value is -3.43. The Bertz CT molecular complexity index is 801. The number of nitrogens with one attached hydrogen (secondary N) is 5. The number of amides is 4. The van der Waals surface area contributed by atoms with Gasteiger partial charge in [-0.3, -0.25) is 9.59 Å². The molecule has 0 aliphatic rings. The maximum absolute atomic E-state index is 11.2. The molecule has 0 aliphatic carbocycles. The maximum atomic E-state index is 11.2. The molecule has 2 aromatic rings.